The molecule has 0 amide bonds. The van der Waals surface area contributed by atoms with E-state index in [1.807, 2.05) is 18.2 Å². The van der Waals surface area contributed by atoms with Gasteiger partial charge in [-0.25, -0.2) is 0 Å². The fraction of sp³-hybridized carbons (Fsp3) is 0.429. The summed E-state index contributed by atoms with van der Waals surface area (Å²) in [6.07, 6.45) is 5.13. The van der Waals surface area contributed by atoms with Gasteiger partial charge in [-0.3, -0.25) is 0 Å². The molecule has 1 atom stereocenters. The second kappa shape index (κ2) is 3.95. The van der Waals surface area contributed by atoms with Gasteiger partial charge in [0.05, 0.1) is 6.04 Å². The van der Waals surface area contributed by atoms with Crippen LogP contribution in [0.1, 0.15) is 37.5 Å². The van der Waals surface area contributed by atoms with E-state index >= 15 is 0 Å². The fourth-order valence-electron chi connectivity index (χ4n) is 2.72. The van der Waals surface area contributed by atoms with E-state index in [4.69, 9.17) is 10.2 Å². The van der Waals surface area contributed by atoms with Crippen molar-refractivity contribution in [2.75, 3.05) is 0 Å². The molecule has 0 bridgehead atoms. The highest BCUT2D eigenvalue weighted by Gasteiger charge is 2.25. The van der Waals surface area contributed by atoms with Gasteiger partial charge in [-0.15, -0.1) is 0 Å². The van der Waals surface area contributed by atoms with Crippen LogP contribution in [0.15, 0.2) is 34.7 Å². The van der Waals surface area contributed by atoms with E-state index < -0.39 is 0 Å². The van der Waals surface area contributed by atoms with Crippen molar-refractivity contribution < 1.29 is 4.42 Å². The zero-order chi connectivity index (χ0) is 11.0. The maximum atomic E-state index is 6.27. The first kappa shape index (κ1) is 9.91. The Bertz CT molecular complexity index is 449. The average Bonchev–Trinajstić information content (AvgIpc) is 2.97. The Kier molecular flexibility index (Phi) is 2.44. The van der Waals surface area contributed by atoms with Crippen LogP contribution in [0.5, 0.6) is 0 Å². The number of para-hydroxylation sites is 1. The Morgan fingerprint density at radius 3 is 2.69 bits per heavy atom. The minimum absolute atomic E-state index is 0.0786. The van der Waals surface area contributed by atoms with Crippen molar-refractivity contribution in [2.45, 2.75) is 31.7 Å². The molecule has 2 N–H and O–H groups in total. The summed E-state index contributed by atoms with van der Waals surface area (Å²) >= 11 is 0. The molecule has 2 aromatic rings. The summed E-state index contributed by atoms with van der Waals surface area (Å²) in [7, 11) is 0. The normalized spacial score (nSPS) is 19.3. The third-order valence-electron chi connectivity index (χ3n) is 3.68. The van der Waals surface area contributed by atoms with E-state index in [0.29, 0.717) is 5.92 Å². The quantitative estimate of drug-likeness (QED) is 0.831. The molecule has 84 valence electrons. The molecular formula is C14H17NO. The predicted molar refractivity (Wildman–Crippen MR) is 65.1 cm³/mol. The lowest BCUT2D eigenvalue weighted by Gasteiger charge is -2.15. The van der Waals surface area contributed by atoms with Gasteiger partial charge in [-0.2, -0.15) is 0 Å². The highest BCUT2D eigenvalue weighted by atomic mass is 16.3. The van der Waals surface area contributed by atoms with Gasteiger partial charge in [-0.1, -0.05) is 31.0 Å². The monoisotopic (exact) mass is 215 g/mol. The van der Waals surface area contributed by atoms with Crippen LogP contribution in [0.3, 0.4) is 0 Å². The molecule has 0 radical (unpaired) electrons. The maximum Gasteiger partial charge on any atom is 0.134 e. The van der Waals surface area contributed by atoms with Crippen LogP contribution in [0, 0.1) is 5.92 Å². The first-order chi connectivity index (χ1) is 7.84. The van der Waals surface area contributed by atoms with Gasteiger partial charge in [0.1, 0.15) is 11.3 Å². The van der Waals surface area contributed by atoms with Crippen LogP contribution in [0.25, 0.3) is 11.0 Å². The number of fused-ring (bicyclic) bond motifs is 1. The average molecular weight is 215 g/mol. The van der Waals surface area contributed by atoms with E-state index in [-0.39, 0.29) is 6.04 Å². The molecular weight excluding hydrogens is 198 g/mol. The Morgan fingerprint density at radius 2 is 1.94 bits per heavy atom. The number of hydrogen-bond donors (Lipinski definition) is 1. The zero-order valence-corrected chi connectivity index (χ0v) is 9.36. The standard InChI is InChI=1S/C14H17NO/c15-14(10-5-1-2-6-10)13-9-11-7-3-4-8-12(11)16-13/h3-4,7-10,14H,1-2,5-6,15H2/t14-/m1/s1. The van der Waals surface area contributed by atoms with Crippen molar-refractivity contribution in [1.82, 2.24) is 0 Å². The molecule has 3 rings (SSSR count). The summed E-state index contributed by atoms with van der Waals surface area (Å²) in [5, 5.41) is 1.16. The number of rotatable bonds is 2. The molecule has 1 fully saturated rings. The number of nitrogens with two attached hydrogens (primary N) is 1. The highest BCUT2D eigenvalue weighted by Crippen LogP contribution is 2.35. The summed E-state index contributed by atoms with van der Waals surface area (Å²) < 4.78 is 5.82. The van der Waals surface area contributed by atoms with Gasteiger partial charge < -0.3 is 10.2 Å². The van der Waals surface area contributed by atoms with Gasteiger partial charge >= 0.3 is 0 Å². The summed E-state index contributed by atoms with van der Waals surface area (Å²) in [6, 6.07) is 10.3. The summed E-state index contributed by atoms with van der Waals surface area (Å²) in [6.45, 7) is 0. The van der Waals surface area contributed by atoms with Crippen molar-refractivity contribution in [2.24, 2.45) is 11.7 Å². The molecule has 1 aliphatic rings. The summed E-state index contributed by atoms with van der Waals surface area (Å²) in [5.41, 5.74) is 7.22. The van der Waals surface area contributed by atoms with E-state index in [9.17, 15) is 0 Å². The molecule has 0 unspecified atom stereocenters. The highest BCUT2D eigenvalue weighted by molar-refractivity contribution is 5.77. The largest absolute Gasteiger partial charge is 0.459 e. The summed E-state index contributed by atoms with van der Waals surface area (Å²) in [4.78, 5) is 0. The second-order valence-corrected chi connectivity index (χ2v) is 4.76. The molecule has 2 nitrogen and oxygen atoms in total. The minimum atomic E-state index is 0.0786. The molecule has 0 aliphatic heterocycles. The van der Waals surface area contributed by atoms with Crippen molar-refractivity contribution in [3.05, 3.63) is 36.1 Å². The van der Waals surface area contributed by atoms with Crippen molar-refractivity contribution in [3.63, 3.8) is 0 Å². The number of benzene rings is 1. The van der Waals surface area contributed by atoms with Gasteiger partial charge in [-0.05, 0) is 30.9 Å². The molecule has 0 saturated heterocycles. The topological polar surface area (TPSA) is 39.2 Å². The van der Waals surface area contributed by atoms with E-state index in [2.05, 4.69) is 12.1 Å². The third kappa shape index (κ3) is 1.63. The first-order valence-corrected chi connectivity index (χ1v) is 6.08. The van der Waals surface area contributed by atoms with Crippen LogP contribution in [0.4, 0.5) is 0 Å². The SMILES string of the molecule is N[C@@H](c1cc2ccccc2o1)C1CCCC1. The van der Waals surface area contributed by atoms with Crippen LogP contribution in [-0.4, -0.2) is 0 Å². The van der Waals surface area contributed by atoms with E-state index in [1.165, 1.54) is 25.7 Å². The van der Waals surface area contributed by atoms with Crippen LogP contribution in [-0.2, 0) is 0 Å². The third-order valence-corrected chi connectivity index (χ3v) is 3.68. The predicted octanol–water partition coefficient (Wildman–Crippen LogP) is 3.62. The van der Waals surface area contributed by atoms with Crippen molar-refractivity contribution in [3.8, 4) is 0 Å². The molecule has 1 aromatic carbocycles. The van der Waals surface area contributed by atoms with Crippen LogP contribution < -0.4 is 5.73 Å². The van der Waals surface area contributed by atoms with Crippen LogP contribution in [0.2, 0.25) is 0 Å². The summed E-state index contributed by atoms with van der Waals surface area (Å²) in [5.74, 6) is 1.56. The molecule has 1 aromatic heterocycles. The second-order valence-electron chi connectivity index (χ2n) is 4.76. The van der Waals surface area contributed by atoms with Gasteiger partial charge in [0.2, 0.25) is 0 Å². The molecule has 16 heavy (non-hydrogen) atoms. The van der Waals surface area contributed by atoms with Crippen molar-refractivity contribution in [1.29, 1.82) is 0 Å². The van der Waals surface area contributed by atoms with Crippen LogP contribution >= 0.6 is 0 Å². The Morgan fingerprint density at radius 1 is 1.19 bits per heavy atom. The molecule has 1 heterocycles. The lowest BCUT2D eigenvalue weighted by atomic mass is 9.97. The number of furan rings is 1. The maximum absolute atomic E-state index is 6.27. The molecule has 1 aliphatic carbocycles. The zero-order valence-electron chi connectivity index (χ0n) is 9.36. The van der Waals surface area contributed by atoms with Crippen molar-refractivity contribution >= 4 is 11.0 Å². The lowest BCUT2D eigenvalue weighted by molar-refractivity contribution is 0.380. The first-order valence-electron chi connectivity index (χ1n) is 6.08. The van der Waals surface area contributed by atoms with Gasteiger partial charge in [0.25, 0.3) is 0 Å². The molecule has 1 saturated carbocycles. The lowest BCUT2D eigenvalue weighted by Crippen LogP contribution is -2.18. The smallest absolute Gasteiger partial charge is 0.134 e. The van der Waals surface area contributed by atoms with E-state index in [1.54, 1.807) is 0 Å². The fourth-order valence-corrected chi connectivity index (χ4v) is 2.72. The Balaban J connectivity index is 1.92. The molecule has 2 heteroatoms. The van der Waals surface area contributed by atoms with E-state index in [0.717, 1.165) is 16.7 Å². The Hall–Kier alpha value is -1.28. The molecule has 0 spiro atoms. The van der Waals surface area contributed by atoms with Gasteiger partial charge in [0.15, 0.2) is 0 Å². The Labute approximate surface area is 95.4 Å². The number of hydrogen-bond acceptors (Lipinski definition) is 2. The van der Waals surface area contributed by atoms with Gasteiger partial charge in [0, 0.05) is 5.39 Å². The minimum Gasteiger partial charge on any atom is -0.459 e.